The van der Waals surface area contributed by atoms with Gasteiger partial charge in [-0.15, -0.1) is 9.24 Å². The minimum atomic E-state index is -3.22. The monoisotopic (exact) mass is 556 g/mol. The van der Waals surface area contributed by atoms with Crippen LogP contribution in [0.25, 0.3) is 0 Å². The molecule has 10 saturated heterocycles. The van der Waals surface area contributed by atoms with E-state index >= 15 is 0 Å². The number of hydrogen-bond donors (Lipinski definition) is 0. The summed E-state index contributed by atoms with van der Waals surface area (Å²) in [4.78, 5) is 12.3. The van der Waals surface area contributed by atoms with Gasteiger partial charge >= 0.3 is 176 Å². The van der Waals surface area contributed by atoms with Crippen molar-refractivity contribution in [1.29, 1.82) is 0 Å². The van der Waals surface area contributed by atoms with Crippen molar-refractivity contribution in [2.45, 2.75) is 182 Å². The second-order valence-corrected chi connectivity index (χ2v) is 48.7. The summed E-state index contributed by atoms with van der Waals surface area (Å²) in [7, 11) is 3.10. The summed E-state index contributed by atoms with van der Waals surface area (Å²) in [6, 6.07) is 0. The van der Waals surface area contributed by atoms with Crippen LogP contribution in [0.5, 0.6) is 0 Å². The molecule has 0 amide bonds. The Kier molecular flexibility index (Phi) is 1.90. The van der Waals surface area contributed by atoms with Crippen molar-refractivity contribution in [2.24, 2.45) is 5.41 Å². The van der Waals surface area contributed by atoms with Crippen LogP contribution in [0, 0.1) is 5.41 Å². The molecule has 200 valence electrons. The van der Waals surface area contributed by atoms with E-state index in [0.29, 0.717) is 18.5 Å². The van der Waals surface area contributed by atoms with Crippen LogP contribution in [0.3, 0.4) is 0 Å². The van der Waals surface area contributed by atoms with Gasteiger partial charge in [-0.05, 0) is 5.16 Å². The Labute approximate surface area is 210 Å². The first-order chi connectivity index (χ1) is 16.2. The topological polar surface area (TPSA) is 0 Å². The van der Waals surface area contributed by atoms with E-state index in [9.17, 15) is 0 Å². The smallest absolute Gasteiger partial charge is 0.0235 e. The first-order valence-electron chi connectivity index (χ1n) is 16.0. The molecule has 0 aromatic rings. The second-order valence-electron chi connectivity index (χ2n) is 20.3. The van der Waals surface area contributed by atoms with Crippen molar-refractivity contribution in [3.63, 3.8) is 0 Å². The summed E-state index contributed by atoms with van der Waals surface area (Å²) < 4.78 is 2.36. The Hall–Kier alpha value is 1.38. The Bertz CT molecular complexity index is 1350. The molecule has 0 aromatic heterocycles. The van der Waals surface area contributed by atoms with Crippen LogP contribution in [-0.4, -0.2) is 20.5 Å². The molecule has 10 heterocycles. The molecular weight excluding hydrogens is 502 g/mol. The van der Waals surface area contributed by atoms with Crippen molar-refractivity contribution in [3.05, 3.63) is 0 Å². The maximum Gasteiger partial charge on any atom is -0.0235 e. The summed E-state index contributed by atoms with van der Waals surface area (Å²) in [6.45, 7) is 11.0. The van der Waals surface area contributed by atoms with Gasteiger partial charge in [-0.2, -0.15) is 0 Å². The van der Waals surface area contributed by atoms with Gasteiger partial charge in [-0.3, -0.25) is 0 Å². The van der Waals surface area contributed by atoms with Crippen molar-refractivity contribution in [1.82, 2.24) is 0 Å². The van der Waals surface area contributed by atoms with Gasteiger partial charge in [-0.25, -0.2) is 0 Å². The molecule has 0 N–H and O–H groups in total. The largest absolute Gasteiger partial charge is 0.132 e. The molecule has 0 radical (unpaired) electrons. The first-order valence-corrected chi connectivity index (χ1v) is 24.3. The molecule has 2 aliphatic carbocycles. The van der Waals surface area contributed by atoms with E-state index in [2.05, 4.69) is 50.8 Å². The molecule has 1 spiro atoms. The van der Waals surface area contributed by atoms with Gasteiger partial charge in [0.25, 0.3) is 0 Å². The molecule has 5 unspecified atom stereocenters. The first kappa shape index (κ1) is 21.2. The SMILES string of the molecule is CC(C)(C)CC[C@@]12[CH]3[CH]4[CH]5[C]1(P(C1CCCCC1)C1CCCCC1)[Fe]45321678[CH]2[CH]1[CH]6[CH]7[CH]28.CC(C)(C)P. The predicted molar refractivity (Wildman–Crippen MR) is 154 cm³/mol. The van der Waals surface area contributed by atoms with E-state index in [1.165, 1.54) is 49.1 Å². The van der Waals surface area contributed by atoms with E-state index in [1.807, 2.05) is 0 Å². The zero-order chi connectivity index (χ0) is 24.2. The quantitative estimate of drug-likeness (QED) is 0.233. The van der Waals surface area contributed by atoms with E-state index in [0.717, 1.165) is 4.31 Å². The van der Waals surface area contributed by atoms with Gasteiger partial charge in [0.05, 0.1) is 0 Å². The van der Waals surface area contributed by atoms with E-state index < -0.39 is 6.51 Å². The third-order valence-corrected chi connectivity index (χ3v) is 72.3. The molecule has 35 heavy (non-hydrogen) atoms. The third kappa shape index (κ3) is 0.560. The minimum absolute atomic E-state index is 0.390. The Balaban J connectivity index is 0.000000312. The van der Waals surface area contributed by atoms with Gasteiger partial charge in [-0.1, -0.05) is 20.8 Å². The number of hydrogen-bond acceptors (Lipinski definition) is 0. The number of fused-ring (bicyclic) bond motifs is 10. The predicted octanol–water partition coefficient (Wildman–Crippen LogP) is 11.3. The van der Waals surface area contributed by atoms with Crippen LogP contribution in [-0.2, 0) is 6.51 Å². The van der Waals surface area contributed by atoms with Crippen LogP contribution >= 0.6 is 17.2 Å². The Morgan fingerprint density at radius 1 is 0.686 bits per heavy atom. The van der Waals surface area contributed by atoms with Gasteiger partial charge in [0, 0.05) is 0 Å². The van der Waals surface area contributed by atoms with E-state index in [1.54, 1.807) is 81.9 Å². The molecule has 10 aliphatic heterocycles. The molecule has 12 rings (SSSR count). The van der Waals surface area contributed by atoms with Gasteiger partial charge < -0.3 is 0 Å². The molecular formula is C32H54FeP2. The van der Waals surface area contributed by atoms with Gasteiger partial charge in [0.1, 0.15) is 0 Å². The summed E-state index contributed by atoms with van der Waals surface area (Å²) in [5, 5.41) is 0.417. The number of rotatable bonds is 5. The molecule has 0 aromatic carbocycles. The van der Waals surface area contributed by atoms with Crippen LogP contribution in [0.1, 0.15) is 119 Å². The van der Waals surface area contributed by atoms with E-state index in [4.69, 9.17) is 0 Å². The van der Waals surface area contributed by atoms with Crippen molar-refractivity contribution >= 4 is 17.2 Å². The van der Waals surface area contributed by atoms with Crippen molar-refractivity contribution < 1.29 is 6.51 Å². The minimum Gasteiger partial charge on any atom is -0.132 e. The molecule has 2 saturated carbocycles. The van der Waals surface area contributed by atoms with Gasteiger partial charge in [0.15, 0.2) is 0 Å². The average Bonchev–Trinajstić information content (AvgIpc) is 3.73. The zero-order valence-corrected chi connectivity index (χ0v) is 26.8. The van der Waals surface area contributed by atoms with Crippen LogP contribution < -0.4 is 0 Å². The fourth-order valence-corrected chi connectivity index (χ4v) is 117. The van der Waals surface area contributed by atoms with Crippen LogP contribution in [0.15, 0.2) is 0 Å². The average molecular weight is 557 g/mol. The molecule has 0 nitrogen and oxygen atoms in total. The van der Waals surface area contributed by atoms with Gasteiger partial charge in [0.2, 0.25) is 0 Å². The second kappa shape index (κ2) is 3.14. The third-order valence-electron chi connectivity index (χ3n) is 20.6. The molecule has 12 aliphatic rings. The molecule has 0 bridgehead atoms. The normalized spacial score (nSPS) is 73.3. The maximum absolute atomic E-state index is 3.22. The van der Waals surface area contributed by atoms with E-state index in [-0.39, 0.29) is 0 Å². The summed E-state index contributed by atoms with van der Waals surface area (Å²) in [5.41, 5.74) is 3.12. The Morgan fingerprint density at radius 3 is 1.46 bits per heavy atom. The van der Waals surface area contributed by atoms with Crippen molar-refractivity contribution in [2.75, 3.05) is 0 Å². The van der Waals surface area contributed by atoms with Crippen molar-refractivity contribution in [3.8, 4) is 0 Å². The van der Waals surface area contributed by atoms with Crippen LogP contribution in [0.4, 0.5) is 0 Å². The maximum atomic E-state index is 2.72. The molecule has 3 heteroatoms. The van der Waals surface area contributed by atoms with Crippen LogP contribution in [0.2, 0.25) is 42.8 Å². The fraction of sp³-hybridized carbons (Fsp3) is 1.00. The molecule has 6 atom stereocenters. The Morgan fingerprint density at radius 2 is 1.11 bits per heavy atom. The fourth-order valence-electron chi connectivity index (χ4n) is 22.5. The standard InChI is InChI=1S/C23H38P.C5H5.C4H11P.Fe/c1-23(2,3)18-17-19-11-10-16-22(19)24(20-12-6-4-7-13-20)21-14-8-5-9-15-21;1-2-4-5-3-1;1-4(2,3)5;/h10-11,16,20-21H,4-9,12-15,17-18H2,1-3H3;1-5H;5H2,1-3H3;. The molecule has 12 fully saturated rings. The zero-order valence-electron chi connectivity index (χ0n) is 23.6. The summed E-state index contributed by atoms with van der Waals surface area (Å²) >= 11 is 0. The summed E-state index contributed by atoms with van der Waals surface area (Å²) in [6.07, 6.45) is 19.8. The summed E-state index contributed by atoms with van der Waals surface area (Å²) in [5.74, 6) is 0.